The van der Waals surface area contributed by atoms with Crippen LogP contribution in [0.1, 0.15) is 26.3 Å². The first-order chi connectivity index (χ1) is 11.7. The van der Waals surface area contributed by atoms with Gasteiger partial charge in [-0.3, -0.25) is 4.79 Å². The van der Waals surface area contributed by atoms with Gasteiger partial charge in [0.1, 0.15) is 6.61 Å². The van der Waals surface area contributed by atoms with Gasteiger partial charge >= 0.3 is 6.09 Å². The fourth-order valence-electron chi connectivity index (χ4n) is 2.83. The minimum Gasteiger partial charge on any atom is -0.493 e. The maximum Gasteiger partial charge on any atom is 0.417 e. The maximum absolute atomic E-state index is 12.7. The van der Waals surface area contributed by atoms with Crippen LogP contribution in [-0.2, 0) is 16.0 Å². The zero-order chi connectivity index (χ0) is 18.8. The topological polar surface area (TPSA) is 74.3 Å². The molecule has 1 atom stereocenters. The van der Waals surface area contributed by atoms with Crippen molar-refractivity contribution in [2.75, 3.05) is 27.9 Å². The van der Waals surface area contributed by atoms with Gasteiger partial charge in [-0.2, -0.15) is 0 Å². The van der Waals surface area contributed by atoms with Crippen LogP contribution in [0.2, 0.25) is 0 Å². The Balaban J connectivity index is 2.29. The number of nitrogens with zero attached hydrogens (tertiary/aromatic N) is 1. The van der Waals surface area contributed by atoms with E-state index in [-0.39, 0.29) is 30.4 Å². The molecule has 0 aromatic heterocycles. The molecule has 0 bridgehead atoms. The van der Waals surface area contributed by atoms with Crippen molar-refractivity contribution >= 4 is 12.0 Å². The van der Waals surface area contributed by atoms with Crippen LogP contribution in [0.4, 0.5) is 4.79 Å². The summed E-state index contributed by atoms with van der Waals surface area (Å²) in [4.78, 5) is 26.0. The summed E-state index contributed by atoms with van der Waals surface area (Å²) in [6.45, 7) is 6.13. The van der Waals surface area contributed by atoms with E-state index in [1.807, 2.05) is 20.8 Å². The monoisotopic (exact) mass is 351 g/mol. The third-order valence-electron chi connectivity index (χ3n) is 4.22. The number of carbonyl (C=O) groups excluding carboxylic acids is 2. The molecule has 1 saturated heterocycles. The fraction of sp³-hybridized carbons (Fsp3) is 0.556. The summed E-state index contributed by atoms with van der Waals surface area (Å²) in [5.74, 6) is 1.05. The summed E-state index contributed by atoms with van der Waals surface area (Å²) >= 11 is 0. The van der Waals surface area contributed by atoms with Crippen molar-refractivity contribution < 1.29 is 28.5 Å². The van der Waals surface area contributed by atoms with E-state index < -0.39 is 6.09 Å². The molecule has 25 heavy (non-hydrogen) atoms. The lowest BCUT2D eigenvalue weighted by Gasteiger charge is -2.30. The van der Waals surface area contributed by atoms with E-state index in [0.29, 0.717) is 22.8 Å². The molecular formula is C18H25NO6. The Morgan fingerprint density at radius 1 is 1.16 bits per heavy atom. The van der Waals surface area contributed by atoms with Crippen molar-refractivity contribution in [2.45, 2.75) is 33.2 Å². The first kappa shape index (κ1) is 18.9. The molecular weight excluding hydrogens is 326 g/mol. The number of cyclic esters (lactones) is 1. The standard InChI is InChI=1S/C18H25NO6/c1-18(2,3)14-10-25-17(21)19(14)15(20)9-11-7-12(22-4)16(24-6)13(8-11)23-5/h7-8,14H,9-10H2,1-6H3/t14-/m1/s1. The van der Waals surface area contributed by atoms with E-state index >= 15 is 0 Å². The van der Waals surface area contributed by atoms with Gasteiger partial charge in [-0.1, -0.05) is 20.8 Å². The average molecular weight is 351 g/mol. The molecule has 2 rings (SSSR count). The van der Waals surface area contributed by atoms with E-state index in [4.69, 9.17) is 18.9 Å². The van der Waals surface area contributed by atoms with Crippen LogP contribution in [0.5, 0.6) is 17.2 Å². The van der Waals surface area contributed by atoms with Gasteiger partial charge < -0.3 is 18.9 Å². The van der Waals surface area contributed by atoms with E-state index in [1.165, 1.54) is 26.2 Å². The second-order valence-corrected chi connectivity index (χ2v) is 6.93. The highest BCUT2D eigenvalue weighted by Gasteiger charge is 2.44. The maximum atomic E-state index is 12.7. The minimum atomic E-state index is -0.600. The molecule has 0 N–H and O–H groups in total. The minimum absolute atomic E-state index is 0.0262. The van der Waals surface area contributed by atoms with Crippen molar-refractivity contribution in [3.05, 3.63) is 17.7 Å². The Kier molecular flexibility index (Phi) is 5.45. The van der Waals surface area contributed by atoms with Crippen molar-refractivity contribution in [3.63, 3.8) is 0 Å². The highest BCUT2D eigenvalue weighted by Crippen LogP contribution is 2.38. The lowest BCUT2D eigenvalue weighted by molar-refractivity contribution is -0.129. The van der Waals surface area contributed by atoms with Crippen LogP contribution in [0.3, 0.4) is 0 Å². The highest BCUT2D eigenvalue weighted by molar-refractivity contribution is 5.94. The van der Waals surface area contributed by atoms with Crippen molar-refractivity contribution in [3.8, 4) is 17.2 Å². The number of rotatable bonds is 5. The highest BCUT2D eigenvalue weighted by atomic mass is 16.6. The Labute approximate surface area is 147 Å². The molecule has 0 radical (unpaired) electrons. The van der Waals surface area contributed by atoms with Gasteiger partial charge in [-0.15, -0.1) is 0 Å². The van der Waals surface area contributed by atoms with Crippen LogP contribution < -0.4 is 14.2 Å². The summed E-state index contributed by atoms with van der Waals surface area (Å²) in [6.07, 6.45) is -0.573. The van der Waals surface area contributed by atoms with E-state index in [2.05, 4.69) is 0 Å². The lowest BCUT2D eigenvalue weighted by Crippen LogP contribution is -2.46. The molecule has 1 aliphatic rings. The second kappa shape index (κ2) is 7.21. The number of methoxy groups -OCH3 is 3. The molecule has 0 spiro atoms. The Bertz CT molecular complexity index is 639. The molecule has 1 heterocycles. The van der Waals surface area contributed by atoms with Gasteiger partial charge in [-0.05, 0) is 23.1 Å². The number of amides is 2. The Morgan fingerprint density at radius 3 is 2.16 bits per heavy atom. The van der Waals surface area contributed by atoms with Crippen LogP contribution >= 0.6 is 0 Å². The van der Waals surface area contributed by atoms with Crippen LogP contribution in [0.25, 0.3) is 0 Å². The summed E-state index contributed by atoms with van der Waals surface area (Å²) in [5.41, 5.74) is 0.392. The molecule has 1 aromatic rings. The number of hydrogen-bond donors (Lipinski definition) is 0. The van der Waals surface area contributed by atoms with Crippen molar-refractivity contribution in [1.29, 1.82) is 0 Å². The summed E-state index contributed by atoms with van der Waals surface area (Å²) < 4.78 is 21.0. The van der Waals surface area contributed by atoms with Crippen molar-refractivity contribution in [2.24, 2.45) is 5.41 Å². The number of benzene rings is 1. The van der Waals surface area contributed by atoms with Gasteiger partial charge in [-0.25, -0.2) is 9.69 Å². The SMILES string of the molecule is COc1cc(CC(=O)N2C(=O)OC[C@@H]2C(C)(C)C)cc(OC)c1OC. The number of carbonyl (C=O) groups is 2. The lowest BCUT2D eigenvalue weighted by atomic mass is 9.86. The van der Waals surface area contributed by atoms with Crippen LogP contribution in [0.15, 0.2) is 12.1 Å². The van der Waals surface area contributed by atoms with Gasteiger partial charge in [0.2, 0.25) is 11.7 Å². The van der Waals surface area contributed by atoms with Crippen LogP contribution in [0, 0.1) is 5.41 Å². The number of ether oxygens (including phenoxy) is 4. The molecule has 2 amide bonds. The van der Waals surface area contributed by atoms with E-state index in [9.17, 15) is 9.59 Å². The zero-order valence-electron chi connectivity index (χ0n) is 15.5. The summed E-state index contributed by atoms with van der Waals surface area (Å²) in [5, 5.41) is 0. The molecule has 7 heteroatoms. The first-order valence-corrected chi connectivity index (χ1v) is 8.00. The molecule has 0 unspecified atom stereocenters. The normalized spacial score (nSPS) is 17.3. The van der Waals surface area contributed by atoms with Gasteiger partial charge in [0.05, 0.1) is 33.8 Å². The van der Waals surface area contributed by atoms with Gasteiger partial charge in [0, 0.05) is 0 Å². The van der Waals surface area contributed by atoms with Gasteiger partial charge in [0.15, 0.2) is 11.5 Å². The molecule has 138 valence electrons. The average Bonchev–Trinajstić information content (AvgIpc) is 2.95. The largest absolute Gasteiger partial charge is 0.493 e. The molecule has 1 aliphatic heterocycles. The Morgan fingerprint density at radius 2 is 1.72 bits per heavy atom. The molecule has 1 fully saturated rings. The first-order valence-electron chi connectivity index (χ1n) is 8.00. The predicted octanol–water partition coefficient (Wildman–Crippen LogP) is 2.65. The second-order valence-electron chi connectivity index (χ2n) is 6.93. The quantitative estimate of drug-likeness (QED) is 0.812. The summed E-state index contributed by atoms with van der Waals surface area (Å²) in [6, 6.07) is 3.11. The number of imide groups is 1. The molecule has 7 nitrogen and oxygen atoms in total. The zero-order valence-corrected chi connectivity index (χ0v) is 15.5. The summed E-state index contributed by atoms with van der Waals surface area (Å²) in [7, 11) is 4.53. The van der Waals surface area contributed by atoms with Gasteiger partial charge in [0.25, 0.3) is 0 Å². The molecule has 0 saturated carbocycles. The third-order valence-corrected chi connectivity index (χ3v) is 4.22. The van der Waals surface area contributed by atoms with Crippen LogP contribution in [-0.4, -0.2) is 50.9 Å². The van der Waals surface area contributed by atoms with E-state index in [1.54, 1.807) is 12.1 Å². The predicted molar refractivity (Wildman–Crippen MR) is 91.2 cm³/mol. The number of hydrogen-bond acceptors (Lipinski definition) is 6. The Hall–Kier alpha value is -2.44. The third kappa shape index (κ3) is 3.81. The van der Waals surface area contributed by atoms with Crippen molar-refractivity contribution in [1.82, 2.24) is 4.90 Å². The fourth-order valence-corrected chi connectivity index (χ4v) is 2.83. The smallest absolute Gasteiger partial charge is 0.417 e. The molecule has 1 aromatic carbocycles. The van der Waals surface area contributed by atoms with E-state index in [0.717, 1.165) is 0 Å². The molecule has 0 aliphatic carbocycles.